The SMILES string of the molecule is O=C(C=Cc1ccc(CO)cc1)C1Cc2c([nH]c3ccccc23)C(c2ccc3c(c2)OCO3)N1. The molecule has 3 heterocycles. The number of H-pyrrole nitrogens is 1. The van der Waals surface area contributed by atoms with Crippen LogP contribution in [-0.2, 0) is 17.8 Å². The zero-order valence-electron chi connectivity index (χ0n) is 18.5. The summed E-state index contributed by atoms with van der Waals surface area (Å²) in [6.45, 7) is 0.225. The molecule has 0 spiro atoms. The summed E-state index contributed by atoms with van der Waals surface area (Å²) >= 11 is 0. The van der Waals surface area contributed by atoms with Gasteiger partial charge in [0.15, 0.2) is 17.3 Å². The number of ether oxygens (including phenoxy) is 2. The topological polar surface area (TPSA) is 83.6 Å². The van der Waals surface area contributed by atoms with Crippen molar-refractivity contribution in [2.45, 2.75) is 25.1 Å². The fourth-order valence-electron chi connectivity index (χ4n) is 4.80. The van der Waals surface area contributed by atoms with Crippen molar-refractivity contribution in [3.05, 3.63) is 101 Å². The first kappa shape index (κ1) is 20.7. The van der Waals surface area contributed by atoms with Crippen molar-refractivity contribution in [3.8, 4) is 11.5 Å². The lowest BCUT2D eigenvalue weighted by atomic mass is 9.88. The summed E-state index contributed by atoms with van der Waals surface area (Å²) in [5.74, 6) is 1.48. The second-order valence-corrected chi connectivity index (χ2v) is 8.67. The Balaban J connectivity index is 1.34. The molecule has 0 saturated carbocycles. The number of para-hydroxylation sites is 1. The molecule has 6 nitrogen and oxygen atoms in total. The number of aromatic amines is 1. The van der Waals surface area contributed by atoms with Gasteiger partial charge in [-0.25, -0.2) is 0 Å². The third-order valence-corrected chi connectivity index (χ3v) is 6.59. The van der Waals surface area contributed by atoms with Crippen molar-refractivity contribution in [1.82, 2.24) is 10.3 Å². The number of ketones is 1. The van der Waals surface area contributed by atoms with Crippen molar-refractivity contribution in [3.63, 3.8) is 0 Å². The minimum Gasteiger partial charge on any atom is -0.454 e. The van der Waals surface area contributed by atoms with Crippen molar-refractivity contribution < 1.29 is 19.4 Å². The molecule has 2 aliphatic heterocycles. The average molecular weight is 453 g/mol. The van der Waals surface area contributed by atoms with Gasteiger partial charge in [0, 0.05) is 16.6 Å². The third-order valence-electron chi connectivity index (χ3n) is 6.59. The lowest BCUT2D eigenvalue weighted by molar-refractivity contribution is -0.116. The Morgan fingerprint density at radius 1 is 1.03 bits per heavy atom. The third kappa shape index (κ3) is 3.67. The van der Waals surface area contributed by atoms with Gasteiger partial charge in [0.1, 0.15) is 0 Å². The number of rotatable bonds is 5. The van der Waals surface area contributed by atoms with Crippen molar-refractivity contribution in [1.29, 1.82) is 0 Å². The number of fused-ring (bicyclic) bond motifs is 4. The monoisotopic (exact) mass is 452 g/mol. The van der Waals surface area contributed by atoms with E-state index in [2.05, 4.69) is 22.4 Å². The van der Waals surface area contributed by atoms with Crippen LogP contribution in [-0.4, -0.2) is 28.7 Å². The highest BCUT2D eigenvalue weighted by atomic mass is 16.7. The summed E-state index contributed by atoms with van der Waals surface area (Å²) in [5, 5.41) is 13.9. The van der Waals surface area contributed by atoms with E-state index in [0.29, 0.717) is 6.42 Å². The summed E-state index contributed by atoms with van der Waals surface area (Å²) in [4.78, 5) is 16.9. The Labute approximate surface area is 196 Å². The molecule has 3 aromatic carbocycles. The highest BCUT2D eigenvalue weighted by Gasteiger charge is 2.33. The number of nitrogens with one attached hydrogen (secondary N) is 2. The first-order valence-corrected chi connectivity index (χ1v) is 11.4. The lowest BCUT2D eigenvalue weighted by Crippen LogP contribution is -2.44. The molecule has 1 aromatic heterocycles. The van der Waals surface area contributed by atoms with Gasteiger partial charge < -0.3 is 19.6 Å². The van der Waals surface area contributed by atoms with E-state index in [1.54, 1.807) is 6.08 Å². The standard InChI is InChI=1S/C28H24N2O4/c31-15-18-7-5-17(6-8-18)9-11-24(32)23-14-21-20-3-1-2-4-22(20)29-28(21)27(30-23)19-10-12-25-26(13-19)34-16-33-25/h1-13,23,27,29-31H,14-16H2. The molecule has 0 aliphatic carbocycles. The molecule has 3 N–H and O–H groups in total. The summed E-state index contributed by atoms with van der Waals surface area (Å²) in [6.07, 6.45) is 4.07. The fraction of sp³-hybridized carbons (Fsp3) is 0.179. The van der Waals surface area contributed by atoms with Crippen molar-refractivity contribution >= 4 is 22.8 Å². The molecule has 2 aliphatic rings. The molecule has 0 bridgehead atoms. The van der Waals surface area contributed by atoms with E-state index >= 15 is 0 Å². The van der Waals surface area contributed by atoms with Crippen LogP contribution in [0.3, 0.4) is 0 Å². The smallest absolute Gasteiger partial charge is 0.231 e. The van der Waals surface area contributed by atoms with Gasteiger partial charge in [0.25, 0.3) is 0 Å². The summed E-state index contributed by atoms with van der Waals surface area (Å²) in [5.41, 5.74) is 6.08. The minimum absolute atomic E-state index is 0.00310. The van der Waals surface area contributed by atoms with Gasteiger partial charge in [-0.1, -0.05) is 54.6 Å². The van der Waals surface area contributed by atoms with Gasteiger partial charge in [-0.05, 0) is 52.9 Å². The zero-order valence-corrected chi connectivity index (χ0v) is 18.5. The maximum Gasteiger partial charge on any atom is 0.231 e. The normalized spacial score (nSPS) is 19.0. The summed E-state index contributed by atoms with van der Waals surface area (Å²) in [7, 11) is 0. The molecule has 2 unspecified atom stereocenters. The molecule has 0 amide bonds. The average Bonchev–Trinajstić information content (AvgIpc) is 3.51. The Morgan fingerprint density at radius 2 is 1.85 bits per heavy atom. The molecule has 0 saturated heterocycles. The van der Waals surface area contributed by atoms with E-state index in [4.69, 9.17) is 9.47 Å². The Bertz CT molecular complexity index is 1400. The Hall–Kier alpha value is -3.87. The van der Waals surface area contributed by atoms with Crippen LogP contribution < -0.4 is 14.8 Å². The summed E-state index contributed by atoms with van der Waals surface area (Å²) in [6, 6.07) is 21.1. The Morgan fingerprint density at radius 3 is 2.71 bits per heavy atom. The zero-order chi connectivity index (χ0) is 23.1. The molecule has 6 heteroatoms. The van der Waals surface area contributed by atoms with Crippen molar-refractivity contribution in [2.24, 2.45) is 0 Å². The molecule has 2 atom stereocenters. The number of carbonyl (C=O) groups excluding carboxylic acids is 1. The fourth-order valence-corrected chi connectivity index (χ4v) is 4.80. The number of hydrogen-bond acceptors (Lipinski definition) is 5. The highest BCUT2D eigenvalue weighted by molar-refractivity contribution is 5.99. The largest absolute Gasteiger partial charge is 0.454 e. The lowest BCUT2D eigenvalue weighted by Gasteiger charge is -2.30. The number of aliphatic hydroxyl groups excluding tert-OH is 1. The first-order valence-electron chi connectivity index (χ1n) is 11.4. The number of aliphatic hydroxyl groups is 1. The van der Waals surface area contributed by atoms with Gasteiger partial charge in [0.05, 0.1) is 18.7 Å². The molecular weight excluding hydrogens is 428 g/mol. The predicted octanol–water partition coefficient (Wildman–Crippen LogP) is 4.28. The first-order chi connectivity index (χ1) is 16.7. The predicted molar refractivity (Wildman–Crippen MR) is 130 cm³/mol. The number of carbonyl (C=O) groups is 1. The van der Waals surface area contributed by atoms with Crippen LogP contribution in [0.15, 0.2) is 72.8 Å². The molecular formula is C28H24N2O4. The van der Waals surface area contributed by atoms with Crippen LogP contribution >= 0.6 is 0 Å². The quantitative estimate of drug-likeness (QED) is 0.394. The van der Waals surface area contributed by atoms with Gasteiger partial charge in [-0.3, -0.25) is 10.1 Å². The van der Waals surface area contributed by atoms with E-state index in [9.17, 15) is 9.90 Å². The van der Waals surface area contributed by atoms with Gasteiger partial charge >= 0.3 is 0 Å². The van der Waals surface area contributed by atoms with E-state index in [1.165, 1.54) is 0 Å². The highest BCUT2D eigenvalue weighted by Crippen LogP contribution is 2.39. The minimum atomic E-state index is -0.366. The van der Waals surface area contributed by atoms with E-state index in [0.717, 1.165) is 50.3 Å². The van der Waals surface area contributed by atoms with Gasteiger partial charge in [0.2, 0.25) is 6.79 Å². The van der Waals surface area contributed by atoms with E-state index in [-0.39, 0.29) is 31.3 Å². The molecule has 4 aromatic rings. The van der Waals surface area contributed by atoms with E-state index in [1.807, 2.05) is 60.7 Å². The molecule has 0 radical (unpaired) electrons. The maximum absolute atomic E-state index is 13.3. The molecule has 34 heavy (non-hydrogen) atoms. The summed E-state index contributed by atoms with van der Waals surface area (Å²) < 4.78 is 11.1. The van der Waals surface area contributed by atoms with Gasteiger partial charge in [-0.15, -0.1) is 0 Å². The van der Waals surface area contributed by atoms with Crippen LogP contribution in [0.25, 0.3) is 17.0 Å². The van der Waals surface area contributed by atoms with Crippen molar-refractivity contribution in [2.75, 3.05) is 6.79 Å². The number of hydrogen-bond donors (Lipinski definition) is 3. The van der Waals surface area contributed by atoms with Crippen LogP contribution in [0.2, 0.25) is 0 Å². The van der Waals surface area contributed by atoms with Crippen LogP contribution in [0.5, 0.6) is 11.5 Å². The molecule has 0 fully saturated rings. The Kier molecular flexibility index (Phi) is 5.17. The molecule has 6 rings (SSSR count). The number of aromatic nitrogens is 1. The second kappa shape index (κ2) is 8.48. The van der Waals surface area contributed by atoms with Crippen LogP contribution in [0.1, 0.15) is 34.0 Å². The molecule has 170 valence electrons. The maximum atomic E-state index is 13.3. The van der Waals surface area contributed by atoms with Crippen LogP contribution in [0.4, 0.5) is 0 Å². The van der Waals surface area contributed by atoms with Crippen LogP contribution in [0, 0.1) is 0 Å². The second-order valence-electron chi connectivity index (χ2n) is 8.67. The van der Waals surface area contributed by atoms with E-state index < -0.39 is 0 Å². The van der Waals surface area contributed by atoms with Gasteiger partial charge in [-0.2, -0.15) is 0 Å². The number of benzene rings is 3.